The first-order chi connectivity index (χ1) is 18.8. The normalized spacial score (nSPS) is 10.9. The molecule has 0 aliphatic carbocycles. The third-order valence-electron chi connectivity index (χ3n) is 6.70. The molecule has 8 heteroatoms. The number of hydrogen-bond acceptors (Lipinski definition) is 4. The fraction of sp³-hybridized carbons (Fsp3) is 0.548. The molecule has 0 spiro atoms. The average Bonchev–Trinajstić information content (AvgIpc) is 2.90. The molecular formula is C31H46ClN3O4. The minimum absolute atomic E-state index is 0.122. The molecule has 3 amide bonds. The highest BCUT2D eigenvalue weighted by molar-refractivity contribution is 6.32. The molecule has 4 N–H and O–H groups in total. The number of nitrogens with two attached hydrogens (primary N) is 1. The van der Waals surface area contributed by atoms with E-state index in [2.05, 4.69) is 26.1 Å². The molecule has 0 saturated heterocycles. The number of ether oxygens (including phenoxy) is 1. The van der Waals surface area contributed by atoms with E-state index in [0.29, 0.717) is 37.6 Å². The van der Waals surface area contributed by atoms with E-state index in [4.69, 9.17) is 22.1 Å². The molecule has 216 valence electrons. The lowest BCUT2D eigenvalue weighted by molar-refractivity contribution is 0.0746. The molecule has 0 aromatic heterocycles. The average molecular weight is 560 g/mol. The van der Waals surface area contributed by atoms with Gasteiger partial charge in [-0.3, -0.25) is 4.79 Å². The van der Waals surface area contributed by atoms with Crippen LogP contribution in [-0.2, 0) is 6.42 Å². The van der Waals surface area contributed by atoms with Crippen LogP contribution in [0.5, 0.6) is 11.5 Å². The summed E-state index contributed by atoms with van der Waals surface area (Å²) < 4.78 is 5.78. The second-order valence-corrected chi connectivity index (χ2v) is 10.5. The molecule has 0 heterocycles. The monoisotopic (exact) mass is 559 g/mol. The largest absolute Gasteiger partial charge is 0.506 e. The zero-order valence-corrected chi connectivity index (χ0v) is 24.6. The summed E-state index contributed by atoms with van der Waals surface area (Å²) in [6.45, 7) is 8.30. The number of halogens is 1. The maximum atomic E-state index is 13.6. The number of rotatable bonds is 18. The minimum Gasteiger partial charge on any atom is -0.506 e. The molecule has 2 aromatic carbocycles. The number of primary amides is 1. The van der Waals surface area contributed by atoms with E-state index in [1.54, 1.807) is 18.2 Å². The highest BCUT2D eigenvalue weighted by Crippen LogP contribution is 2.33. The number of anilines is 1. The Labute approximate surface area is 239 Å². The van der Waals surface area contributed by atoms with Gasteiger partial charge in [0.25, 0.3) is 5.91 Å². The van der Waals surface area contributed by atoms with Crippen molar-refractivity contribution in [1.82, 2.24) is 4.90 Å². The number of amides is 3. The number of carbonyl (C=O) groups is 2. The van der Waals surface area contributed by atoms with Crippen LogP contribution in [0.4, 0.5) is 10.5 Å². The maximum absolute atomic E-state index is 13.6. The molecule has 2 rings (SSSR count). The summed E-state index contributed by atoms with van der Waals surface area (Å²) in [4.78, 5) is 27.2. The van der Waals surface area contributed by atoms with E-state index >= 15 is 0 Å². The summed E-state index contributed by atoms with van der Waals surface area (Å²) in [5.41, 5.74) is 7.68. The summed E-state index contributed by atoms with van der Waals surface area (Å²) in [5.74, 6) is 0.226. The van der Waals surface area contributed by atoms with Crippen LogP contribution >= 0.6 is 11.6 Å². The van der Waals surface area contributed by atoms with Crippen LogP contribution in [0.15, 0.2) is 30.3 Å². The van der Waals surface area contributed by atoms with Gasteiger partial charge in [0.1, 0.15) is 11.5 Å². The van der Waals surface area contributed by atoms with Crippen molar-refractivity contribution in [3.63, 3.8) is 0 Å². The highest BCUT2D eigenvalue weighted by atomic mass is 35.5. The van der Waals surface area contributed by atoms with E-state index in [1.165, 1.54) is 0 Å². The molecule has 7 nitrogen and oxygen atoms in total. The molecule has 0 aliphatic rings. The van der Waals surface area contributed by atoms with Crippen LogP contribution < -0.4 is 15.8 Å². The number of benzene rings is 2. The lowest BCUT2D eigenvalue weighted by Gasteiger charge is -2.24. The van der Waals surface area contributed by atoms with Crippen LogP contribution in [0.1, 0.15) is 106 Å². The van der Waals surface area contributed by atoms with Gasteiger partial charge in [-0.25, -0.2) is 4.79 Å². The van der Waals surface area contributed by atoms with E-state index in [9.17, 15) is 14.7 Å². The Morgan fingerprint density at radius 3 is 2.15 bits per heavy atom. The predicted molar refractivity (Wildman–Crippen MR) is 160 cm³/mol. The lowest BCUT2D eigenvalue weighted by Crippen LogP contribution is -2.33. The SMILES string of the molecule is CCCCCCN(CCCCCC)C(=O)c1cc(Cc2ccc(OCCCC)cc2NC(N)=O)cc(Cl)c1O. The molecule has 0 atom stereocenters. The summed E-state index contributed by atoms with van der Waals surface area (Å²) in [6, 6.07) is 8.14. The van der Waals surface area contributed by atoms with Gasteiger partial charge in [0.15, 0.2) is 0 Å². The molecule has 0 aliphatic heterocycles. The predicted octanol–water partition coefficient (Wildman–Crippen LogP) is 7.91. The molecule has 0 saturated carbocycles. The van der Waals surface area contributed by atoms with Crippen LogP contribution in [0.3, 0.4) is 0 Å². The third-order valence-corrected chi connectivity index (χ3v) is 6.99. The Morgan fingerprint density at radius 1 is 0.923 bits per heavy atom. The number of aromatic hydroxyl groups is 1. The fourth-order valence-corrected chi connectivity index (χ4v) is 4.71. The topological polar surface area (TPSA) is 105 Å². The molecule has 39 heavy (non-hydrogen) atoms. The maximum Gasteiger partial charge on any atom is 0.316 e. The van der Waals surface area contributed by atoms with Crippen molar-refractivity contribution in [2.24, 2.45) is 5.73 Å². The highest BCUT2D eigenvalue weighted by Gasteiger charge is 2.22. The van der Waals surface area contributed by atoms with Crippen molar-refractivity contribution in [2.75, 3.05) is 25.0 Å². The number of phenolic OH excluding ortho intramolecular Hbond substituents is 1. The third kappa shape index (κ3) is 11.0. The van der Waals surface area contributed by atoms with Gasteiger partial charge in [-0.1, -0.05) is 83.4 Å². The van der Waals surface area contributed by atoms with E-state index in [-0.39, 0.29) is 22.2 Å². The first-order valence-electron chi connectivity index (χ1n) is 14.4. The molecule has 0 bridgehead atoms. The zero-order valence-electron chi connectivity index (χ0n) is 23.9. The smallest absolute Gasteiger partial charge is 0.316 e. The molecule has 2 aromatic rings. The number of nitrogens with one attached hydrogen (secondary N) is 1. The second kappa shape index (κ2) is 17.6. The van der Waals surface area contributed by atoms with Gasteiger partial charge in [-0.2, -0.15) is 0 Å². The Balaban J connectivity index is 2.31. The van der Waals surface area contributed by atoms with E-state index < -0.39 is 6.03 Å². The number of nitrogens with zero attached hydrogens (tertiary/aromatic N) is 1. The first-order valence-corrected chi connectivity index (χ1v) is 14.8. The van der Waals surface area contributed by atoms with Crippen molar-refractivity contribution in [3.05, 3.63) is 52.0 Å². The summed E-state index contributed by atoms with van der Waals surface area (Å²) >= 11 is 6.41. The van der Waals surface area contributed by atoms with E-state index in [0.717, 1.165) is 75.3 Å². The Morgan fingerprint density at radius 2 is 1.56 bits per heavy atom. The standard InChI is InChI=1S/C31H46ClN3O4/c1-4-7-10-12-16-35(17-13-11-8-5-2)30(37)26-20-23(21-27(32)29(26)36)19-24-14-15-25(39-18-9-6-3)22-28(24)34-31(33)38/h14-15,20-22,36H,4-13,16-19H2,1-3H3,(H3,33,34,38). The minimum atomic E-state index is -0.677. The second-order valence-electron chi connectivity index (χ2n) is 10.1. The van der Waals surface area contributed by atoms with Crippen LogP contribution in [0.2, 0.25) is 5.02 Å². The number of urea groups is 1. The molecular weight excluding hydrogens is 514 g/mol. The quantitative estimate of drug-likeness (QED) is 0.161. The lowest BCUT2D eigenvalue weighted by atomic mass is 9.99. The van der Waals surface area contributed by atoms with Crippen LogP contribution in [0, 0.1) is 0 Å². The van der Waals surface area contributed by atoms with Crippen molar-refractivity contribution in [3.8, 4) is 11.5 Å². The van der Waals surface area contributed by atoms with Gasteiger partial charge in [0.05, 0.1) is 17.2 Å². The van der Waals surface area contributed by atoms with E-state index in [1.807, 2.05) is 17.0 Å². The van der Waals surface area contributed by atoms with Crippen LogP contribution in [0.25, 0.3) is 0 Å². The van der Waals surface area contributed by atoms with Crippen molar-refractivity contribution in [1.29, 1.82) is 0 Å². The molecule has 0 unspecified atom stereocenters. The zero-order chi connectivity index (χ0) is 28.6. The summed E-state index contributed by atoms with van der Waals surface area (Å²) in [5, 5.41) is 13.6. The molecule has 0 radical (unpaired) electrons. The summed E-state index contributed by atoms with van der Waals surface area (Å²) in [7, 11) is 0. The number of phenols is 1. The Hall–Kier alpha value is -2.93. The van der Waals surface area contributed by atoms with Crippen LogP contribution in [-0.4, -0.2) is 41.6 Å². The van der Waals surface area contributed by atoms with Crippen molar-refractivity contribution < 1.29 is 19.4 Å². The van der Waals surface area contributed by atoms with Gasteiger partial charge < -0.3 is 25.8 Å². The van der Waals surface area contributed by atoms with Gasteiger partial charge >= 0.3 is 6.03 Å². The fourth-order valence-electron chi connectivity index (χ4n) is 4.47. The van der Waals surface area contributed by atoms with Gasteiger partial charge in [0, 0.05) is 24.8 Å². The van der Waals surface area contributed by atoms with Crippen molar-refractivity contribution in [2.45, 2.75) is 91.4 Å². The summed E-state index contributed by atoms with van der Waals surface area (Å²) in [6.07, 6.45) is 10.8. The van der Waals surface area contributed by atoms with Gasteiger partial charge in [-0.05, 0) is 55.0 Å². The molecule has 0 fully saturated rings. The first kappa shape index (κ1) is 32.3. The van der Waals surface area contributed by atoms with Gasteiger partial charge in [0.2, 0.25) is 0 Å². The van der Waals surface area contributed by atoms with Gasteiger partial charge in [-0.15, -0.1) is 0 Å². The number of unbranched alkanes of at least 4 members (excludes halogenated alkanes) is 7. The number of hydrogen-bond donors (Lipinski definition) is 3. The number of carbonyl (C=O) groups excluding carboxylic acids is 2. The Kier molecular flexibility index (Phi) is 14.6. The Bertz CT molecular complexity index is 1050. The van der Waals surface area contributed by atoms with Crippen molar-refractivity contribution >= 4 is 29.2 Å².